The van der Waals surface area contributed by atoms with Gasteiger partial charge >= 0.3 is 0 Å². The average Bonchev–Trinajstić information content (AvgIpc) is 3.54. The molecule has 1 saturated heterocycles. The number of hydrogen-bond donors (Lipinski definition) is 2. The molecule has 190 valence electrons. The molecule has 36 heavy (non-hydrogen) atoms. The fraction of sp³-hybridized carbons (Fsp3) is 0.481. The summed E-state index contributed by atoms with van der Waals surface area (Å²) in [5.74, 6) is -0.178. The van der Waals surface area contributed by atoms with E-state index in [2.05, 4.69) is 20.5 Å². The SMILES string of the molecule is CC(C)c1ccc2oc(C(=O)Nc3ccc(Cl)cn3)c(NC(=O)C3CCC(N4CCCC4)CC3)c2n1. The molecule has 0 atom stereocenters. The van der Waals surface area contributed by atoms with Gasteiger partial charge in [0.2, 0.25) is 11.7 Å². The number of nitrogens with zero attached hydrogens (tertiary/aromatic N) is 3. The maximum absolute atomic E-state index is 13.4. The number of halogens is 1. The predicted octanol–water partition coefficient (Wildman–Crippen LogP) is 5.85. The highest BCUT2D eigenvalue weighted by Crippen LogP contribution is 2.34. The number of likely N-dealkylation sites (tertiary alicyclic amines) is 1. The molecule has 2 aliphatic rings. The van der Waals surface area contributed by atoms with Crippen molar-refractivity contribution in [2.24, 2.45) is 5.92 Å². The lowest BCUT2D eigenvalue weighted by molar-refractivity contribution is -0.121. The first-order chi connectivity index (χ1) is 17.4. The molecular weight excluding hydrogens is 478 g/mol. The molecular formula is C27H32ClN5O3. The van der Waals surface area contributed by atoms with E-state index in [0.29, 0.717) is 33.7 Å². The van der Waals surface area contributed by atoms with Crippen LogP contribution in [-0.4, -0.2) is 45.8 Å². The van der Waals surface area contributed by atoms with Crippen LogP contribution < -0.4 is 10.6 Å². The van der Waals surface area contributed by atoms with Crippen molar-refractivity contribution in [1.82, 2.24) is 14.9 Å². The Kier molecular flexibility index (Phi) is 7.25. The topological polar surface area (TPSA) is 100 Å². The fourth-order valence-electron chi connectivity index (χ4n) is 5.25. The van der Waals surface area contributed by atoms with Crippen molar-refractivity contribution in [2.75, 3.05) is 23.7 Å². The van der Waals surface area contributed by atoms with Crippen molar-refractivity contribution >= 4 is 46.0 Å². The number of fused-ring (bicyclic) bond motifs is 1. The lowest BCUT2D eigenvalue weighted by atomic mass is 9.85. The first-order valence-corrected chi connectivity index (χ1v) is 13.2. The van der Waals surface area contributed by atoms with Crippen molar-refractivity contribution in [2.45, 2.75) is 64.3 Å². The molecule has 0 spiro atoms. The Labute approximate surface area is 215 Å². The second kappa shape index (κ2) is 10.6. The van der Waals surface area contributed by atoms with Crippen molar-refractivity contribution < 1.29 is 14.0 Å². The number of pyridine rings is 2. The van der Waals surface area contributed by atoms with E-state index in [1.807, 2.05) is 19.9 Å². The zero-order chi connectivity index (χ0) is 25.2. The summed E-state index contributed by atoms with van der Waals surface area (Å²) in [6, 6.07) is 7.50. The summed E-state index contributed by atoms with van der Waals surface area (Å²) >= 11 is 5.91. The van der Waals surface area contributed by atoms with Gasteiger partial charge < -0.3 is 20.0 Å². The second-order valence-corrected chi connectivity index (χ2v) is 10.5. The lowest BCUT2D eigenvalue weighted by Gasteiger charge is -2.33. The zero-order valence-electron chi connectivity index (χ0n) is 20.7. The van der Waals surface area contributed by atoms with Crippen LogP contribution >= 0.6 is 11.6 Å². The van der Waals surface area contributed by atoms with Crippen LogP contribution in [-0.2, 0) is 4.79 Å². The Balaban J connectivity index is 1.38. The van der Waals surface area contributed by atoms with Crippen LogP contribution in [0, 0.1) is 5.92 Å². The molecule has 4 heterocycles. The number of anilines is 2. The summed E-state index contributed by atoms with van der Waals surface area (Å²) in [4.78, 5) is 38.0. The third-order valence-corrected chi connectivity index (χ3v) is 7.52. The minimum absolute atomic E-state index is 0.00857. The van der Waals surface area contributed by atoms with Gasteiger partial charge in [-0.2, -0.15) is 0 Å². The van der Waals surface area contributed by atoms with Gasteiger partial charge in [-0.05, 0) is 81.8 Å². The minimum atomic E-state index is -0.512. The van der Waals surface area contributed by atoms with E-state index in [1.165, 1.54) is 32.1 Å². The number of rotatable bonds is 6. The monoisotopic (exact) mass is 509 g/mol. The number of carbonyl (C=O) groups is 2. The number of nitrogens with one attached hydrogen (secondary N) is 2. The van der Waals surface area contributed by atoms with Gasteiger partial charge in [-0.25, -0.2) is 9.97 Å². The van der Waals surface area contributed by atoms with Gasteiger partial charge in [-0.1, -0.05) is 25.4 Å². The van der Waals surface area contributed by atoms with Gasteiger partial charge in [0.1, 0.15) is 17.0 Å². The van der Waals surface area contributed by atoms with Crippen molar-refractivity contribution in [3.05, 3.63) is 46.9 Å². The van der Waals surface area contributed by atoms with Gasteiger partial charge in [-0.15, -0.1) is 0 Å². The van der Waals surface area contributed by atoms with Gasteiger partial charge in [0, 0.05) is 23.9 Å². The summed E-state index contributed by atoms with van der Waals surface area (Å²) in [5, 5.41) is 6.21. The minimum Gasteiger partial charge on any atom is -0.447 e. The smallest absolute Gasteiger partial charge is 0.294 e. The first kappa shape index (κ1) is 24.7. The van der Waals surface area contributed by atoms with Crippen LogP contribution in [0.15, 0.2) is 34.9 Å². The van der Waals surface area contributed by atoms with E-state index in [9.17, 15) is 9.59 Å². The maximum Gasteiger partial charge on any atom is 0.294 e. The highest BCUT2D eigenvalue weighted by molar-refractivity contribution is 6.30. The number of amides is 2. The van der Waals surface area contributed by atoms with Crippen LogP contribution in [0.5, 0.6) is 0 Å². The second-order valence-electron chi connectivity index (χ2n) is 10.1. The van der Waals surface area contributed by atoms with Crippen LogP contribution in [0.25, 0.3) is 11.1 Å². The maximum atomic E-state index is 13.4. The Hall–Kier alpha value is -2.97. The van der Waals surface area contributed by atoms with Gasteiger partial charge in [-0.3, -0.25) is 9.59 Å². The molecule has 0 bridgehead atoms. The zero-order valence-corrected chi connectivity index (χ0v) is 21.5. The fourth-order valence-corrected chi connectivity index (χ4v) is 5.36. The van der Waals surface area contributed by atoms with Crippen molar-refractivity contribution in [3.63, 3.8) is 0 Å². The van der Waals surface area contributed by atoms with E-state index in [1.54, 1.807) is 18.2 Å². The molecule has 2 N–H and O–H groups in total. The summed E-state index contributed by atoms with van der Waals surface area (Å²) in [6.07, 6.45) is 7.72. The summed E-state index contributed by atoms with van der Waals surface area (Å²) in [5.41, 5.74) is 2.10. The van der Waals surface area contributed by atoms with Gasteiger partial charge in [0.05, 0.1) is 5.02 Å². The standard InChI is InChI=1S/C27H32ClN5O3/c1-16(2)20-10-11-21-23(30-20)24(25(36-21)27(35)31-22-12-7-18(28)15-29-22)32-26(34)17-5-8-19(9-6-17)33-13-3-4-14-33/h7,10-12,15-17,19H,3-6,8-9,13-14H2,1-2H3,(H,32,34)(H,29,31,35). The van der Waals surface area contributed by atoms with Crippen LogP contribution in [0.1, 0.15) is 74.5 Å². The largest absolute Gasteiger partial charge is 0.447 e. The predicted molar refractivity (Wildman–Crippen MR) is 140 cm³/mol. The number of aromatic nitrogens is 2. The lowest BCUT2D eigenvalue weighted by Crippen LogP contribution is -2.38. The Morgan fingerprint density at radius 3 is 2.47 bits per heavy atom. The molecule has 3 aromatic rings. The molecule has 3 aromatic heterocycles. The molecule has 1 aliphatic heterocycles. The van der Waals surface area contributed by atoms with E-state index in [-0.39, 0.29) is 23.5 Å². The molecule has 0 unspecified atom stereocenters. The third kappa shape index (κ3) is 5.25. The molecule has 0 radical (unpaired) electrons. The van der Waals surface area contributed by atoms with Gasteiger partial charge in [0.15, 0.2) is 5.58 Å². The summed E-state index contributed by atoms with van der Waals surface area (Å²) < 4.78 is 5.91. The van der Waals surface area contributed by atoms with Crippen LogP contribution in [0.2, 0.25) is 5.02 Å². The quantitative estimate of drug-likeness (QED) is 0.432. The summed E-state index contributed by atoms with van der Waals surface area (Å²) in [6.45, 7) is 6.44. The number of carbonyl (C=O) groups excluding carboxylic acids is 2. The van der Waals surface area contributed by atoms with E-state index < -0.39 is 5.91 Å². The molecule has 1 aliphatic carbocycles. The van der Waals surface area contributed by atoms with Crippen LogP contribution in [0.3, 0.4) is 0 Å². The molecule has 5 rings (SSSR count). The Bertz CT molecular complexity index is 1240. The molecule has 2 amide bonds. The number of furan rings is 1. The highest BCUT2D eigenvalue weighted by Gasteiger charge is 2.32. The van der Waals surface area contributed by atoms with E-state index >= 15 is 0 Å². The highest BCUT2D eigenvalue weighted by atomic mass is 35.5. The van der Waals surface area contributed by atoms with E-state index in [4.69, 9.17) is 21.0 Å². The molecule has 1 saturated carbocycles. The number of hydrogen-bond acceptors (Lipinski definition) is 6. The molecule has 0 aromatic carbocycles. The Morgan fingerprint density at radius 1 is 1.06 bits per heavy atom. The molecule has 9 heteroatoms. The van der Waals surface area contributed by atoms with Gasteiger partial charge in [0.25, 0.3) is 5.91 Å². The van der Waals surface area contributed by atoms with Crippen molar-refractivity contribution in [3.8, 4) is 0 Å². The van der Waals surface area contributed by atoms with Crippen LogP contribution in [0.4, 0.5) is 11.5 Å². The first-order valence-electron chi connectivity index (χ1n) is 12.8. The molecule has 8 nitrogen and oxygen atoms in total. The van der Waals surface area contributed by atoms with E-state index in [0.717, 1.165) is 31.4 Å². The van der Waals surface area contributed by atoms with Crippen molar-refractivity contribution in [1.29, 1.82) is 0 Å². The third-order valence-electron chi connectivity index (χ3n) is 7.30. The normalized spacial score (nSPS) is 20.7. The average molecular weight is 510 g/mol. The Morgan fingerprint density at radius 2 is 1.81 bits per heavy atom. The summed E-state index contributed by atoms with van der Waals surface area (Å²) in [7, 11) is 0. The molecule has 2 fully saturated rings.